The molecule has 5 aliphatic rings. The van der Waals surface area contributed by atoms with Gasteiger partial charge in [-0.25, -0.2) is 6.29 Å². The van der Waals surface area contributed by atoms with E-state index in [0.717, 1.165) is 36.4 Å². The number of phenols is 4. The van der Waals surface area contributed by atoms with Gasteiger partial charge in [0.15, 0.2) is 11.5 Å². The second-order valence-corrected chi connectivity index (χ2v) is 19.8. The molecule has 5 aromatic rings. The normalized spacial score (nSPS) is 22.1. The minimum atomic E-state index is -2.10. The van der Waals surface area contributed by atoms with E-state index >= 15 is 4.79 Å². The van der Waals surface area contributed by atoms with Gasteiger partial charge >= 0.3 is 0 Å². The largest absolute Gasteiger partial charge is 0.540 e. The van der Waals surface area contributed by atoms with Gasteiger partial charge in [-0.3, -0.25) is 33.6 Å². The van der Waals surface area contributed by atoms with Crippen LogP contribution in [0.2, 0.25) is 5.02 Å². The number of carbonyl (C=O) groups excluding carboxylic acids is 8. The van der Waals surface area contributed by atoms with E-state index in [0.29, 0.717) is 6.42 Å². The number of amides is 7. The van der Waals surface area contributed by atoms with E-state index in [2.05, 4.69) is 38.0 Å². The van der Waals surface area contributed by atoms with E-state index in [-0.39, 0.29) is 121 Å². The van der Waals surface area contributed by atoms with E-state index in [1.54, 1.807) is 13.2 Å². The van der Waals surface area contributed by atoms with E-state index in [1.807, 2.05) is 13.8 Å². The van der Waals surface area contributed by atoms with Gasteiger partial charge in [-0.2, -0.15) is 12.1 Å². The number of halogens is 1. The molecule has 0 aromatic heterocycles. The third-order valence-corrected chi connectivity index (χ3v) is 13.7. The van der Waals surface area contributed by atoms with Crippen molar-refractivity contribution in [2.75, 3.05) is 0 Å². The maximum Gasteiger partial charge on any atom is 0.248 e. The van der Waals surface area contributed by atoms with Crippen LogP contribution in [0.25, 0.3) is 11.1 Å². The number of aromatic hydroxyl groups is 4. The first kappa shape index (κ1) is 62.1. The molecule has 0 saturated heterocycles. The Bertz CT molecular complexity index is 3300. The van der Waals surface area contributed by atoms with E-state index in [1.165, 1.54) is 43.3 Å². The van der Waals surface area contributed by atoms with Crippen LogP contribution >= 0.6 is 11.6 Å². The average Bonchev–Trinajstić information content (AvgIpc) is 3.46. The smallest absolute Gasteiger partial charge is 0.248 e. The van der Waals surface area contributed by atoms with Crippen molar-refractivity contribution < 1.29 is 132 Å². The molecule has 5 aromatic carbocycles. The Labute approximate surface area is 500 Å². The molecular formula is C54H52ClN7O16WY-2. The number of nitrogens with two attached hydrogens (primary N) is 1. The number of fused-ring (bicyclic) bond motifs is 15. The van der Waals surface area contributed by atoms with Crippen molar-refractivity contribution in [3.8, 4) is 57.1 Å². The van der Waals surface area contributed by atoms with Gasteiger partial charge in [-0.05, 0) is 90.0 Å². The standard InChI is InChI=1S/C54H52ClN7O16.W.Y/c1-21(2)13-22(3)49(71)61-44-47(69)26-8-12-36(31(55)15-26)78-38-17-27-16-37(48(38)70)77-28-9-5-24(6-10-28)46(68)43-54(76)58-33(20-63)29-18-35(65)23(4)45(67)40(29)30-14-25(7-11-34(30)64)41(51(73)62-43)60-52(74)42(27)59-50(72)32(19-39(56)66)57-53(44)75;;/h5-9,11-12,14-18,21-22,32-33,41-44,46-47,64-65,67-70H,13,19H2,1-4H3,(H2,56,66)(H,57,75)(H,58,76)(H,59,72)(H,60,74)(H,61,71)(H,62,73);;/q-2;;. The van der Waals surface area contributed by atoms with Crippen LogP contribution in [0, 0.1) is 24.8 Å². The summed E-state index contributed by atoms with van der Waals surface area (Å²) in [5, 5.41) is 83.8. The molecule has 1 radical (unpaired) electrons. The zero-order valence-corrected chi connectivity index (χ0v) is 49.4. The van der Waals surface area contributed by atoms with Crippen LogP contribution in [0.4, 0.5) is 0 Å². The molecule has 5 aliphatic heterocycles. The summed E-state index contributed by atoms with van der Waals surface area (Å²) in [6, 6.07) is 4.87. The first-order valence-corrected chi connectivity index (χ1v) is 24.6. The van der Waals surface area contributed by atoms with Gasteiger partial charge in [0, 0.05) is 82.1 Å². The molecule has 417 valence electrons. The molecule has 26 heteroatoms. The average molecular weight is 1360 g/mol. The quantitative estimate of drug-likeness (QED) is 0.104. The molecule has 7 amide bonds. The third kappa shape index (κ3) is 13.0. The fourth-order valence-corrected chi connectivity index (χ4v) is 9.51. The van der Waals surface area contributed by atoms with Crippen molar-refractivity contribution >= 4 is 59.2 Å². The Morgan fingerprint density at radius 1 is 0.725 bits per heavy atom. The summed E-state index contributed by atoms with van der Waals surface area (Å²) in [5.74, 6) is -12.6. The SMILES string of the molecule is Cc1c(O)cc2c(c1O)-c1cc(ccc1O)C1NC(=O)C3NC(=O)C(CC(N)=O)NC(=O)C(NC(=O)C(C)CC(C)C)C(O)c4ccc(c(Cl)c4)Oc4cc3cc(c4O)Oc3[c-]cc(cc3)C(O)C(NC1=O)C(=O)NC2[C-]=O.[W].[Y]. The topological polar surface area (TPSA) is 375 Å². The fourth-order valence-electron chi connectivity index (χ4n) is 9.28. The predicted molar refractivity (Wildman–Crippen MR) is 273 cm³/mol. The van der Waals surface area contributed by atoms with Gasteiger partial charge < -0.3 is 82.5 Å². The summed E-state index contributed by atoms with van der Waals surface area (Å²) in [7, 11) is 0. The van der Waals surface area contributed by atoms with Crippen LogP contribution < -0.4 is 47.1 Å². The summed E-state index contributed by atoms with van der Waals surface area (Å²) < 4.78 is 12.2. The van der Waals surface area contributed by atoms with Gasteiger partial charge in [0.05, 0.1) is 17.5 Å². The Morgan fingerprint density at radius 2 is 1.36 bits per heavy atom. The first-order chi connectivity index (χ1) is 36.9. The Morgan fingerprint density at radius 3 is 2.00 bits per heavy atom. The fraction of sp³-hybridized carbons (Fsp3) is 0.296. The van der Waals surface area contributed by atoms with Crippen LogP contribution in [0.15, 0.2) is 72.8 Å². The van der Waals surface area contributed by atoms with E-state index < -0.39 is 137 Å². The summed E-state index contributed by atoms with van der Waals surface area (Å²) >= 11 is 6.74. The second kappa shape index (κ2) is 25.5. The molecule has 9 atom stereocenters. The Kier molecular flexibility index (Phi) is 19.8. The van der Waals surface area contributed by atoms with Crippen molar-refractivity contribution in [3.63, 3.8) is 0 Å². The predicted octanol–water partition coefficient (Wildman–Crippen LogP) is 2.92. The summed E-state index contributed by atoms with van der Waals surface area (Å²) in [6.45, 7) is 6.64. The molecule has 80 heavy (non-hydrogen) atoms. The zero-order chi connectivity index (χ0) is 56.6. The minimum Gasteiger partial charge on any atom is -0.540 e. The van der Waals surface area contributed by atoms with E-state index in [9.17, 15) is 64.2 Å². The number of benzene rings is 5. The number of rotatable bonds is 7. The first-order valence-electron chi connectivity index (χ1n) is 24.2. The number of hydrogen-bond acceptors (Lipinski definition) is 16. The molecule has 23 nitrogen and oxygen atoms in total. The van der Waals surface area contributed by atoms with Crippen molar-refractivity contribution in [3.05, 3.63) is 117 Å². The van der Waals surface area contributed by atoms with Crippen LogP contribution in [0.5, 0.6) is 46.0 Å². The monoisotopic (exact) mass is 1360 g/mol. The molecule has 14 N–H and O–H groups in total. The van der Waals surface area contributed by atoms with Gasteiger partial charge in [0.25, 0.3) is 0 Å². The van der Waals surface area contributed by atoms with E-state index in [4.69, 9.17) is 26.8 Å². The summed E-state index contributed by atoms with van der Waals surface area (Å²) in [5.41, 5.74) is 3.89. The molecule has 0 aliphatic carbocycles. The van der Waals surface area contributed by atoms with Crippen LogP contribution in [0.3, 0.4) is 0 Å². The van der Waals surface area contributed by atoms with Gasteiger partial charge in [-0.15, -0.1) is 17.7 Å². The van der Waals surface area contributed by atoms with Crippen LogP contribution in [-0.4, -0.2) is 96.4 Å². The molecule has 0 spiro atoms. The van der Waals surface area contributed by atoms with Crippen molar-refractivity contribution in [2.45, 2.75) is 89.0 Å². The minimum absolute atomic E-state index is 0. The molecule has 11 bridgehead atoms. The number of hydrogen-bond donors (Lipinski definition) is 13. The number of phenolic OH excluding ortho intramolecular Hbond substituents is 4. The maximum absolute atomic E-state index is 15.3. The number of carbonyl (C=O) groups is 7. The maximum atomic E-state index is 15.3. The second-order valence-electron chi connectivity index (χ2n) is 19.4. The third-order valence-electron chi connectivity index (χ3n) is 13.4. The molecule has 0 fully saturated rings. The van der Waals surface area contributed by atoms with Crippen LogP contribution in [-0.2, 0) is 92.1 Å². The van der Waals surface area contributed by atoms with Gasteiger partial charge in [-0.1, -0.05) is 44.5 Å². The van der Waals surface area contributed by atoms with Crippen molar-refractivity contribution in [1.82, 2.24) is 31.9 Å². The van der Waals surface area contributed by atoms with Gasteiger partial charge in [0.2, 0.25) is 47.1 Å². The molecule has 9 unspecified atom stereocenters. The number of ether oxygens (including phenoxy) is 2. The molecule has 5 heterocycles. The molecule has 0 saturated carbocycles. The summed E-state index contributed by atoms with van der Waals surface area (Å²) in [6.07, 6.45) is -2.83. The molecular weight excluding hydrogens is 1310 g/mol. The van der Waals surface area contributed by atoms with Gasteiger partial charge in [0.1, 0.15) is 59.3 Å². The zero-order valence-electron chi connectivity index (χ0n) is 42.8. The summed E-state index contributed by atoms with van der Waals surface area (Å²) in [4.78, 5) is 113. The number of aliphatic hydroxyl groups excluding tert-OH is 2. The Balaban J connectivity index is 0.00000516. The number of primary amides is 1. The Hall–Kier alpha value is -7.14. The van der Waals surface area contributed by atoms with Crippen LogP contribution in [0.1, 0.15) is 97.3 Å². The number of nitrogens with one attached hydrogen (secondary N) is 6. The van der Waals surface area contributed by atoms with Crippen molar-refractivity contribution in [1.29, 1.82) is 0 Å². The molecule has 10 rings (SSSR count). The van der Waals surface area contributed by atoms with Crippen molar-refractivity contribution in [2.24, 2.45) is 17.6 Å². The number of aliphatic hydroxyl groups is 2.